The molecule has 0 saturated carbocycles. The summed E-state index contributed by atoms with van der Waals surface area (Å²) in [5.41, 5.74) is 6.31. The van der Waals surface area contributed by atoms with Crippen LogP contribution in [0.2, 0.25) is 0 Å². The van der Waals surface area contributed by atoms with Crippen molar-refractivity contribution in [3.63, 3.8) is 0 Å². The van der Waals surface area contributed by atoms with E-state index < -0.39 is 0 Å². The van der Waals surface area contributed by atoms with Gasteiger partial charge in [-0.3, -0.25) is 9.88 Å². The molecule has 4 aromatic rings. The first-order chi connectivity index (χ1) is 18.5. The summed E-state index contributed by atoms with van der Waals surface area (Å²) in [6.07, 6.45) is 7.92. The quantitative estimate of drug-likeness (QED) is 0.335. The fraction of sp³-hybridized carbons (Fsp3) is 0.414. The number of likely N-dealkylation sites (tertiary alicyclic amines) is 1. The number of piperazine rings is 1. The average molecular weight is 576 g/mol. The van der Waals surface area contributed by atoms with Crippen LogP contribution in [0.4, 0.5) is 11.4 Å². The molecule has 2 N–H and O–H groups in total. The summed E-state index contributed by atoms with van der Waals surface area (Å²) < 4.78 is 0.953. The maximum absolute atomic E-state index is 4.98. The Morgan fingerprint density at radius 3 is 2.61 bits per heavy atom. The molecule has 0 spiro atoms. The predicted octanol–water partition coefficient (Wildman–Crippen LogP) is 5.00. The second-order valence-corrected chi connectivity index (χ2v) is 11.5. The lowest BCUT2D eigenvalue weighted by Gasteiger charge is -2.41. The highest BCUT2D eigenvalue weighted by atomic mass is 79.9. The third-order valence-corrected chi connectivity index (χ3v) is 8.52. The maximum atomic E-state index is 4.98. The summed E-state index contributed by atoms with van der Waals surface area (Å²) in [6.45, 7) is 8.54. The van der Waals surface area contributed by atoms with E-state index in [1.165, 1.54) is 11.3 Å². The van der Waals surface area contributed by atoms with Crippen LogP contribution in [0.3, 0.4) is 0 Å². The molecule has 0 radical (unpaired) electrons. The van der Waals surface area contributed by atoms with Crippen molar-refractivity contribution in [2.24, 2.45) is 0 Å². The zero-order chi connectivity index (χ0) is 26.1. The van der Waals surface area contributed by atoms with Gasteiger partial charge in [0.05, 0.1) is 10.2 Å². The van der Waals surface area contributed by atoms with Crippen molar-refractivity contribution < 1.29 is 0 Å². The van der Waals surface area contributed by atoms with E-state index >= 15 is 0 Å². The molecule has 5 heterocycles. The maximum Gasteiger partial charge on any atom is 0.159 e. The molecule has 38 heavy (non-hydrogen) atoms. The number of fused-ring (bicyclic) bond motifs is 1. The number of anilines is 2. The Hall–Kier alpha value is -3.01. The normalized spacial score (nSPS) is 19.8. The number of H-pyrrole nitrogens is 1. The van der Waals surface area contributed by atoms with Gasteiger partial charge in [0.25, 0.3) is 0 Å². The van der Waals surface area contributed by atoms with Gasteiger partial charge in [-0.15, -0.1) is 0 Å². The highest BCUT2D eigenvalue weighted by Gasteiger charge is 2.24. The van der Waals surface area contributed by atoms with Gasteiger partial charge in [0.2, 0.25) is 0 Å². The molecule has 2 saturated heterocycles. The molecule has 2 fully saturated rings. The molecular weight excluding hydrogens is 540 g/mol. The summed E-state index contributed by atoms with van der Waals surface area (Å²) in [5, 5.41) is 3.74. The topological polar surface area (TPSA) is 76.2 Å². The number of nitrogens with one attached hydrogen (secondary N) is 2. The van der Waals surface area contributed by atoms with E-state index in [0.29, 0.717) is 12.1 Å². The van der Waals surface area contributed by atoms with E-state index in [1.807, 2.05) is 24.7 Å². The monoisotopic (exact) mass is 574 g/mol. The van der Waals surface area contributed by atoms with Crippen molar-refractivity contribution in [3.05, 3.63) is 65.0 Å². The van der Waals surface area contributed by atoms with Gasteiger partial charge in [0.1, 0.15) is 11.3 Å². The number of benzene rings is 1. The van der Waals surface area contributed by atoms with Crippen molar-refractivity contribution >= 4 is 38.5 Å². The number of rotatable bonds is 6. The van der Waals surface area contributed by atoms with Crippen LogP contribution < -0.4 is 10.2 Å². The van der Waals surface area contributed by atoms with Crippen LogP contribution >= 0.6 is 15.9 Å². The fourth-order valence-electron chi connectivity index (χ4n) is 5.58. The summed E-state index contributed by atoms with van der Waals surface area (Å²) in [6, 6.07) is 13.9. The number of hydrogen-bond acceptors (Lipinski definition) is 7. The van der Waals surface area contributed by atoms with E-state index in [4.69, 9.17) is 4.98 Å². The minimum absolute atomic E-state index is 0.444. The largest absolute Gasteiger partial charge is 0.379 e. The van der Waals surface area contributed by atoms with Gasteiger partial charge in [-0.1, -0.05) is 6.07 Å². The molecule has 9 heteroatoms. The summed E-state index contributed by atoms with van der Waals surface area (Å²) >= 11 is 3.70. The first-order valence-corrected chi connectivity index (χ1v) is 14.3. The van der Waals surface area contributed by atoms with Gasteiger partial charge in [0.15, 0.2) is 5.65 Å². The van der Waals surface area contributed by atoms with Crippen LogP contribution in [0.25, 0.3) is 22.6 Å². The molecule has 2 aliphatic heterocycles. The standard InChI is InChI=1S/C29H35BrN8/c1-20-18-38(15-14-37(20)19-21-4-3-11-31-16-21)24-7-5-22(6-8-24)28-34-27-26(25(30)17-32-29(27)35-28)33-23-9-12-36(2)13-10-23/h3-8,11,16-17,20,23H,9-10,12-15,18-19H2,1-2H3,(H2,32,33,34,35). The molecule has 1 aromatic carbocycles. The van der Waals surface area contributed by atoms with Gasteiger partial charge in [-0.2, -0.15) is 0 Å². The van der Waals surface area contributed by atoms with Crippen molar-refractivity contribution in [2.75, 3.05) is 50.0 Å². The second kappa shape index (κ2) is 11.0. The van der Waals surface area contributed by atoms with Gasteiger partial charge in [-0.25, -0.2) is 9.97 Å². The molecule has 2 aliphatic rings. The van der Waals surface area contributed by atoms with E-state index in [0.717, 1.165) is 84.8 Å². The van der Waals surface area contributed by atoms with Gasteiger partial charge in [-0.05, 0) is 91.7 Å². The van der Waals surface area contributed by atoms with E-state index in [1.54, 1.807) is 0 Å². The van der Waals surface area contributed by atoms with Crippen molar-refractivity contribution in [3.8, 4) is 11.4 Å². The third kappa shape index (κ3) is 5.41. The summed E-state index contributed by atoms with van der Waals surface area (Å²) in [7, 11) is 2.19. The Balaban J connectivity index is 1.15. The van der Waals surface area contributed by atoms with E-state index in [-0.39, 0.29) is 0 Å². The molecule has 8 nitrogen and oxygen atoms in total. The first-order valence-electron chi connectivity index (χ1n) is 13.5. The smallest absolute Gasteiger partial charge is 0.159 e. The van der Waals surface area contributed by atoms with Crippen LogP contribution in [0.1, 0.15) is 25.3 Å². The van der Waals surface area contributed by atoms with E-state index in [2.05, 4.69) is 95.2 Å². The van der Waals surface area contributed by atoms with Crippen LogP contribution in [-0.2, 0) is 6.54 Å². The number of imidazole rings is 1. The number of aromatic amines is 1. The molecule has 6 rings (SSSR count). The molecule has 0 bridgehead atoms. The number of hydrogen-bond donors (Lipinski definition) is 2. The lowest BCUT2D eigenvalue weighted by Crippen LogP contribution is -2.51. The number of nitrogens with zero attached hydrogens (tertiary/aromatic N) is 6. The van der Waals surface area contributed by atoms with Crippen molar-refractivity contribution in [2.45, 2.75) is 38.4 Å². The summed E-state index contributed by atoms with van der Waals surface area (Å²) in [4.78, 5) is 24.7. The number of halogens is 1. The molecule has 1 atom stereocenters. The van der Waals surface area contributed by atoms with Crippen molar-refractivity contribution in [1.82, 2.24) is 29.7 Å². The molecule has 3 aromatic heterocycles. The third-order valence-electron chi connectivity index (χ3n) is 7.91. The molecular formula is C29H35BrN8. The molecule has 1 unspecified atom stereocenters. The zero-order valence-electron chi connectivity index (χ0n) is 22.1. The Kier molecular flexibility index (Phi) is 7.32. The Bertz CT molecular complexity index is 1360. The van der Waals surface area contributed by atoms with Gasteiger partial charge < -0.3 is 20.1 Å². The summed E-state index contributed by atoms with van der Waals surface area (Å²) in [5.74, 6) is 0.846. The zero-order valence-corrected chi connectivity index (χ0v) is 23.7. The number of pyridine rings is 2. The predicted molar refractivity (Wildman–Crippen MR) is 157 cm³/mol. The Labute approximate surface area is 232 Å². The van der Waals surface area contributed by atoms with Gasteiger partial charge >= 0.3 is 0 Å². The van der Waals surface area contributed by atoms with Gasteiger partial charge in [0, 0.05) is 68.1 Å². The Morgan fingerprint density at radius 2 is 1.87 bits per heavy atom. The van der Waals surface area contributed by atoms with Crippen LogP contribution in [0, 0.1) is 0 Å². The first kappa shape index (κ1) is 25.3. The lowest BCUT2D eigenvalue weighted by atomic mass is 10.1. The van der Waals surface area contributed by atoms with Crippen LogP contribution in [-0.4, -0.2) is 81.6 Å². The SMILES string of the molecule is CC1CN(c2ccc(-c3nc4c(NC5CCN(C)CC5)c(Br)cnc4[nH]3)cc2)CCN1Cc1cccnc1. The lowest BCUT2D eigenvalue weighted by molar-refractivity contribution is 0.181. The van der Waals surface area contributed by atoms with Crippen molar-refractivity contribution in [1.29, 1.82) is 0 Å². The van der Waals surface area contributed by atoms with E-state index in [9.17, 15) is 0 Å². The second-order valence-electron chi connectivity index (χ2n) is 10.7. The Morgan fingerprint density at radius 1 is 1.05 bits per heavy atom. The molecule has 0 amide bonds. The fourth-order valence-corrected chi connectivity index (χ4v) is 5.99. The van der Waals surface area contributed by atoms with Crippen LogP contribution in [0.15, 0.2) is 59.5 Å². The average Bonchev–Trinajstić information content (AvgIpc) is 3.38. The number of aromatic nitrogens is 4. The number of piperidine rings is 1. The highest BCUT2D eigenvalue weighted by Crippen LogP contribution is 2.33. The highest BCUT2D eigenvalue weighted by molar-refractivity contribution is 9.10. The molecule has 198 valence electrons. The minimum atomic E-state index is 0.444. The minimum Gasteiger partial charge on any atom is -0.379 e. The van der Waals surface area contributed by atoms with Crippen LogP contribution in [0.5, 0.6) is 0 Å². The molecule has 0 aliphatic carbocycles.